The average molecular weight is 227 g/mol. The lowest BCUT2D eigenvalue weighted by molar-refractivity contribution is 0.0502. The second-order valence-electron chi connectivity index (χ2n) is 5.92. The van der Waals surface area contributed by atoms with Gasteiger partial charge in [0, 0.05) is 13.2 Å². The van der Waals surface area contributed by atoms with E-state index in [1.54, 1.807) is 0 Å². The Balaban J connectivity index is 2.16. The fourth-order valence-electron chi connectivity index (χ4n) is 2.56. The van der Waals surface area contributed by atoms with Crippen LogP contribution < -0.4 is 5.32 Å². The summed E-state index contributed by atoms with van der Waals surface area (Å²) in [5, 5.41) is 3.50. The van der Waals surface area contributed by atoms with Crippen molar-refractivity contribution < 1.29 is 4.74 Å². The van der Waals surface area contributed by atoms with Crippen LogP contribution in [0.5, 0.6) is 0 Å². The minimum absolute atomic E-state index is 0.489. The van der Waals surface area contributed by atoms with Gasteiger partial charge in [-0.2, -0.15) is 0 Å². The van der Waals surface area contributed by atoms with Crippen LogP contribution in [0.3, 0.4) is 0 Å². The summed E-state index contributed by atoms with van der Waals surface area (Å²) in [4.78, 5) is 0. The van der Waals surface area contributed by atoms with Gasteiger partial charge in [-0.1, -0.05) is 20.8 Å². The molecule has 0 saturated carbocycles. The molecule has 0 aromatic heterocycles. The van der Waals surface area contributed by atoms with E-state index in [0.29, 0.717) is 5.41 Å². The monoisotopic (exact) mass is 227 g/mol. The predicted octanol–water partition coefficient (Wildman–Crippen LogP) is 3.22. The average Bonchev–Trinajstić information content (AvgIpc) is 2.25. The Morgan fingerprint density at radius 2 is 1.88 bits per heavy atom. The minimum Gasteiger partial charge on any atom is -0.381 e. The Hall–Kier alpha value is -0.0800. The second kappa shape index (κ2) is 7.29. The third kappa shape index (κ3) is 5.86. The van der Waals surface area contributed by atoms with Gasteiger partial charge in [0.25, 0.3) is 0 Å². The number of nitrogens with one attached hydrogen (secondary N) is 1. The number of rotatable bonds is 7. The Morgan fingerprint density at radius 3 is 2.50 bits per heavy atom. The standard InChI is InChI=1S/C14H29NO/c1-4-8-15-9-7-14(2,3)12-13-5-10-16-11-6-13/h13,15H,4-12H2,1-3H3. The summed E-state index contributed by atoms with van der Waals surface area (Å²) in [6, 6.07) is 0. The zero-order valence-corrected chi connectivity index (χ0v) is 11.3. The molecule has 1 N–H and O–H groups in total. The van der Waals surface area contributed by atoms with Crippen LogP contribution in [-0.4, -0.2) is 26.3 Å². The fraction of sp³-hybridized carbons (Fsp3) is 1.00. The molecule has 2 heteroatoms. The third-order valence-corrected chi connectivity index (χ3v) is 3.59. The molecule has 0 aliphatic carbocycles. The van der Waals surface area contributed by atoms with Crippen LogP contribution in [0.1, 0.15) is 52.9 Å². The molecule has 0 radical (unpaired) electrons. The molecular weight excluding hydrogens is 198 g/mol. The van der Waals surface area contributed by atoms with E-state index in [1.807, 2.05) is 0 Å². The first-order chi connectivity index (χ1) is 7.64. The molecular formula is C14H29NO. The normalized spacial score (nSPS) is 18.9. The lowest BCUT2D eigenvalue weighted by Crippen LogP contribution is -2.27. The highest BCUT2D eigenvalue weighted by atomic mass is 16.5. The van der Waals surface area contributed by atoms with Gasteiger partial charge in [0.05, 0.1) is 0 Å². The van der Waals surface area contributed by atoms with Crippen LogP contribution >= 0.6 is 0 Å². The van der Waals surface area contributed by atoms with Gasteiger partial charge in [-0.05, 0) is 56.5 Å². The van der Waals surface area contributed by atoms with Gasteiger partial charge in [0.1, 0.15) is 0 Å². The molecule has 0 atom stereocenters. The fourth-order valence-corrected chi connectivity index (χ4v) is 2.56. The van der Waals surface area contributed by atoms with Crippen molar-refractivity contribution in [1.82, 2.24) is 5.32 Å². The molecule has 1 heterocycles. The van der Waals surface area contributed by atoms with Gasteiger partial charge < -0.3 is 10.1 Å². The van der Waals surface area contributed by atoms with Crippen LogP contribution in [0.15, 0.2) is 0 Å². The van der Waals surface area contributed by atoms with Crippen molar-refractivity contribution in [3.63, 3.8) is 0 Å². The Kier molecular flexibility index (Phi) is 6.37. The number of hydrogen-bond donors (Lipinski definition) is 1. The highest BCUT2D eigenvalue weighted by molar-refractivity contribution is 4.76. The highest BCUT2D eigenvalue weighted by Gasteiger charge is 2.24. The zero-order valence-electron chi connectivity index (χ0n) is 11.3. The van der Waals surface area contributed by atoms with Gasteiger partial charge in [-0.15, -0.1) is 0 Å². The van der Waals surface area contributed by atoms with Gasteiger partial charge >= 0.3 is 0 Å². The molecule has 0 aromatic carbocycles. The SMILES string of the molecule is CCCNCCC(C)(C)CC1CCOCC1. The lowest BCUT2D eigenvalue weighted by Gasteiger charge is -2.32. The lowest BCUT2D eigenvalue weighted by atomic mass is 9.77. The van der Waals surface area contributed by atoms with E-state index in [0.717, 1.165) is 25.7 Å². The van der Waals surface area contributed by atoms with Crippen molar-refractivity contribution in [2.45, 2.75) is 52.9 Å². The third-order valence-electron chi connectivity index (χ3n) is 3.59. The van der Waals surface area contributed by atoms with E-state index in [1.165, 1.54) is 38.6 Å². The largest absolute Gasteiger partial charge is 0.381 e. The van der Waals surface area contributed by atoms with Gasteiger partial charge in [0.15, 0.2) is 0 Å². The molecule has 0 aromatic rings. The van der Waals surface area contributed by atoms with Crippen molar-refractivity contribution in [1.29, 1.82) is 0 Å². The molecule has 1 rings (SSSR count). The molecule has 1 aliphatic heterocycles. The van der Waals surface area contributed by atoms with Crippen LogP contribution in [-0.2, 0) is 4.74 Å². The Bertz CT molecular complexity index is 174. The maximum Gasteiger partial charge on any atom is 0.0468 e. The molecule has 0 amide bonds. The summed E-state index contributed by atoms with van der Waals surface area (Å²) in [5.41, 5.74) is 0.489. The highest BCUT2D eigenvalue weighted by Crippen LogP contribution is 2.33. The smallest absolute Gasteiger partial charge is 0.0468 e. The summed E-state index contributed by atoms with van der Waals surface area (Å²) in [5.74, 6) is 0.898. The molecule has 1 aliphatic rings. The first-order valence-electron chi connectivity index (χ1n) is 6.92. The molecule has 0 bridgehead atoms. The summed E-state index contributed by atoms with van der Waals surface area (Å²) in [6.07, 6.45) is 6.44. The maximum absolute atomic E-state index is 5.41. The van der Waals surface area contributed by atoms with Crippen LogP contribution in [0, 0.1) is 11.3 Å². The van der Waals surface area contributed by atoms with Crippen molar-refractivity contribution in [3.05, 3.63) is 0 Å². The zero-order chi connectivity index (χ0) is 11.9. The molecule has 0 unspecified atom stereocenters. The van der Waals surface area contributed by atoms with E-state index >= 15 is 0 Å². The summed E-state index contributed by atoms with van der Waals surface area (Å²) in [6.45, 7) is 11.3. The molecule has 96 valence electrons. The van der Waals surface area contributed by atoms with E-state index in [2.05, 4.69) is 26.1 Å². The van der Waals surface area contributed by atoms with Crippen molar-refractivity contribution in [2.24, 2.45) is 11.3 Å². The topological polar surface area (TPSA) is 21.3 Å². The van der Waals surface area contributed by atoms with Crippen LogP contribution in [0.25, 0.3) is 0 Å². The van der Waals surface area contributed by atoms with Crippen molar-refractivity contribution in [2.75, 3.05) is 26.3 Å². The van der Waals surface area contributed by atoms with E-state index in [-0.39, 0.29) is 0 Å². The van der Waals surface area contributed by atoms with Crippen LogP contribution in [0.4, 0.5) is 0 Å². The molecule has 16 heavy (non-hydrogen) atoms. The van der Waals surface area contributed by atoms with E-state index < -0.39 is 0 Å². The minimum atomic E-state index is 0.489. The first-order valence-corrected chi connectivity index (χ1v) is 6.92. The predicted molar refractivity (Wildman–Crippen MR) is 69.7 cm³/mol. The Labute approximate surface area is 101 Å². The van der Waals surface area contributed by atoms with Gasteiger partial charge in [-0.3, -0.25) is 0 Å². The summed E-state index contributed by atoms with van der Waals surface area (Å²) in [7, 11) is 0. The van der Waals surface area contributed by atoms with E-state index in [4.69, 9.17) is 4.74 Å². The van der Waals surface area contributed by atoms with Crippen LogP contribution in [0.2, 0.25) is 0 Å². The van der Waals surface area contributed by atoms with Crippen molar-refractivity contribution in [3.8, 4) is 0 Å². The summed E-state index contributed by atoms with van der Waals surface area (Å²) < 4.78 is 5.41. The number of hydrogen-bond acceptors (Lipinski definition) is 2. The molecule has 1 saturated heterocycles. The van der Waals surface area contributed by atoms with Gasteiger partial charge in [0.2, 0.25) is 0 Å². The second-order valence-corrected chi connectivity index (χ2v) is 5.92. The van der Waals surface area contributed by atoms with Gasteiger partial charge in [-0.25, -0.2) is 0 Å². The molecule has 2 nitrogen and oxygen atoms in total. The molecule has 1 fully saturated rings. The number of ether oxygens (including phenoxy) is 1. The van der Waals surface area contributed by atoms with Crippen molar-refractivity contribution >= 4 is 0 Å². The van der Waals surface area contributed by atoms with E-state index in [9.17, 15) is 0 Å². The Morgan fingerprint density at radius 1 is 1.19 bits per heavy atom. The first kappa shape index (κ1) is 14.0. The summed E-state index contributed by atoms with van der Waals surface area (Å²) >= 11 is 0. The quantitative estimate of drug-likeness (QED) is 0.674. The molecule has 0 spiro atoms. The maximum atomic E-state index is 5.41.